The maximum Gasteiger partial charge on any atom is 0.261 e. The van der Waals surface area contributed by atoms with E-state index in [1.807, 2.05) is 0 Å². The lowest BCUT2D eigenvalue weighted by molar-refractivity contribution is 0.0559. The number of fused-ring (bicyclic) bond motifs is 1. The number of hydrogen-bond donors (Lipinski definition) is 2. The molecule has 4 rings (SSSR count). The molecular formula is C22H26N4O3. The van der Waals surface area contributed by atoms with Crippen molar-refractivity contribution in [3.05, 3.63) is 53.1 Å². The summed E-state index contributed by atoms with van der Waals surface area (Å²) < 4.78 is 0. The fourth-order valence-electron chi connectivity index (χ4n) is 4.26. The fraction of sp³-hybridized carbons (Fsp3) is 0.455. The van der Waals surface area contributed by atoms with Crippen LogP contribution < -0.4 is 5.32 Å². The van der Waals surface area contributed by atoms with Crippen molar-refractivity contribution in [3.8, 4) is 0 Å². The van der Waals surface area contributed by atoms with Gasteiger partial charge in [0.1, 0.15) is 0 Å². The molecule has 1 aromatic heterocycles. The number of amides is 3. The Kier molecular flexibility index (Phi) is 5.74. The van der Waals surface area contributed by atoms with Gasteiger partial charge >= 0.3 is 0 Å². The highest BCUT2D eigenvalue weighted by Crippen LogP contribution is 2.30. The van der Waals surface area contributed by atoms with Crippen molar-refractivity contribution in [1.82, 2.24) is 20.2 Å². The number of aromatic nitrogens is 2. The topological polar surface area (TPSA) is 95.2 Å². The second-order valence-electron chi connectivity index (χ2n) is 7.82. The molecule has 2 aliphatic rings. The van der Waals surface area contributed by atoms with E-state index < -0.39 is 0 Å². The largest absolute Gasteiger partial charge is 0.352 e. The van der Waals surface area contributed by atoms with E-state index in [2.05, 4.69) is 15.3 Å². The summed E-state index contributed by atoms with van der Waals surface area (Å²) in [4.78, 5) is 46.8. The van der Waals surface area contributed by atoms with E-state index in [1.54, 1.807) is 30.7 Å². The number of imide groups is 1. The minimum absolute atomic E-state index is 0.0330. The highest BCUT2D eigenvalue weighted by atomic mass is 16.2. The van der Waals surface area contributed by atoms with Gasteiger partial charge < -0.3 is 10.3 Å². The van der Waals surface area contributed by atoms with Gasteiger partial charge in [-0.15, -0.1) is 0 Å². The summed E-state index contributed by atoms with van der Waals surface area (Å²) in [5.41, 5.74) is 2.09. The number of nitrogens with one attached hydrogen (secondary N) is 2. The number of imidazole rings is 1. The molecule has 1 aliphatic heterocycles. The molecular weight excluding hydrogens is 368 g/mol. The van der Waals surface area contributed by atoms with Crippen molar-refractivity contribution in [2.75, 3.05) is 6.54 Å². The summed E-state index contributed by atoms with van der Waals surface area (Å²) in [6, 6.07) is 4.76. The first-order valence-corrected chi connectivity index (χ1v) is 10.4. The zero-order valence-electron chi connectivity index (χ0n) is 16.4. The normalized spacial score (nSPS) is 17.7. The Morgan fingerprint density at radius 2 is 1.79 bits per heavy atom. The number of benzene rings is 1. The molecule has 1 aliphatic carbocycles. The van der Waals surface area contributed by atoms with E-state index in [0.717, 1.165) is 44.2 Å². The molecule has 0 spiro atoms. The monoisotopic (exact) mass is 394 g/mol. The van der Waals surface area contributed by atoms with Gasteiger partial charge in [0.2, 0.25) is 0 Å². The highest BCUT2D eigenvalue weighted by molar-refractivity contribution is 6.22. The van der Waals surface area contributed by atoms with Crippen LogP contribution in [0.3, 0.4) is 0 Å². The van der Waals surface area contributed by atoms with Gasteiger partial charge in [-0.05, 0) is 31.0 Å². The molecule has 0 atom stereocenters. The quantitative estimate of drug-likeness (QED) is 0.762. The van der Waals surface area contributed by atoms with Crippen LogP contribution in [-0.4, -0.2) is 45.2 Å². The first kappa shape index (κ1) is 19.4. The van der Waals surface area contributed by atoms with Gasteiger partial charge in [0.25, 0.3) is 17.7 Å². The van der Waals surface area contributed by atoms with Crippen LogP contribution >= 0.6 is 0 Å². The van der Waals surface area contributed by atoms with E-state index in [-0.39, 0.29) is 23.8 Å². The highest BCUT2D eigenvalue weighted by Gasteiger charge is 2.40. The predicted molar refractivity (Wildman–Crippen MR) is 108 cm³/mol. The second kappa shape index (κ2) is 8.59. The Labute approximate surface area is 169 Å². The third kappa shape index (κ3) is 4.09. The van der Waals surface area contributed by atoms with E-state index in [4.69, 9.17) is 0 Å². The lowest BCUT2D eigenvalue weighted by Crippen LogP contribution is -2.40. The van der Waals surface area contributed by atoms with Gasteiger partial charge in [0.05, 0.1) is 17.5 Å². The zero-order valence-corrected chi connectivity index (χ0v) is 16.4. The second-order valence-corrected chi connectivity index (χ2v) is 7.82. The van der Waals surface area contributed by atoms with Gasteiger partial charge in [-0.25, -0.2) is 4.98 Å². The van der Waals surface area contributed by atoms with Gasteiger partial charge in [-0.2, -0.15) is 0 Å². The summed E-state index contributed by atoms with van der Waals surface area (Å²) >= 11 is 0. The Hall–Kier alpha value is -2.96. The summed E-state index contributed by atoms with van der Waals surface area (Å²) in [5.74, 6) is -0.735. The van der Waals surface area contributed by atoms with Crippen LogP contribution in [0.4, 0.5) is 0 Å². The smallest absolute Gasteiger partial charge is 0.261 e. The van der Waals surface area contributed by atoms with Gasteiger partial charge in [0, 0.05) is 36.5 Å². The molecule has 1 saturated carbocycles. The van der Waals surface area contributed by atoms with Crippen molar-refractivity contribution in [2.45, 2.75) is 57.4 Å². The van der Waals surface area contributed by atoms with Crippen molar-refractivity contribution in [1.29, 1.82) is 0 Å². The molecule has 0 saturated heterocycles. The van der Waals surface area contributed by atoms with Crippen molar-refractivity contribution < 1.29 is 14.4 Å². The van der Waals surface area contributed by atoms with Gasteiger partial charge in [0.15, 0.2) is 0 Å². The molecule has 2 N–H and O–H groups in total. The maximum atomic E-state index is 13.0. The van der Waals surface area contributed by atoms with E-state index in [0.29, 0.717) is 29.7 Å². The number of nitrogens with zero attached hydrogens (tertiary/aromatic N) is 2. The average Bonchev–Trinajstić information content (AvgIpc) is 3.29. The van der Waals surface area contributed by atoms with Crippen molar-refractivity contribution >= 4 is 17.7 Å². The molecule has 2 aromatic rings. The molecule has 29 heavy (non-hydrogen) atoms. The molecule has 1 aromatic carbocycles. The van der Waals surface area contributed by atoms with Gasteiger partial charge in [-0.3, -0.25) is 19.3 Å². The maximum absolute atomic E-state index is 13.0. The van der Waals surface area contributed by atoms with Crippen LogP contribution in [0.5, 0.6) is 0 Å². The SMILES string of the molecule is O=C(NCCc1cnc[nH]1)c1ccc2c(c1)C(=O)N(C1CCCCCCC1)C2=O. The molecule has 0 radical (unpaired) electrons. The lowest BCUT2D eigenvalue weighted by atomic mass is 9.95. The first-order chi connectivity index (χ1) is 14.1. The average molecular weight is 394 g/mol. The molecule has 7 nitrogen and oxygen atoms in total. The van der Waals surface area contributed by atoms with E-state index >= 15 is 0 Å². The number of H-pyrrole nitrogens is 1. The Morgan fingerprint density at radius 1 is 1.07 bits per heavy atom. The summed E-state index contributed by atoms with van der Waals surface area (Å²) in [6.45, 7) is 0.458. The Bertz CT molecular complexity index is 899. The zero-order chi connectivity index (χ0) is 20.2. The first-order valence-electron chi connectivity index (χ1n) is 10.4. The molecule has 2 heterocycles. The predicted octanol–water partition coefficient (Wildman–Crippen LogP) is 3.09. The van der Waals surface area contributed by atoms with Crippen molar-refractivity contribution in [2.24, 2.45) is 0 Å². The summed E-state index contributed by atoms with van der Waals surface area (Å²) in [5, 5.41) is 2.85. The van der Waals surface area contributed by atoms with Crippen LogP contribution in [0.25, 0.3) is 0 Å². The van der Waals surface area contributed by atoms with Crippen molar-refractivity contribution in [3.63, 3.8) is 0 Å². The molecule has 3 amide bonds. The molecule has 1 fully saturated rings. The molecule has 152 valence electrons. The number of aromatic amines is 1. The third-order valence-electron chi connectivity index (χ3n) is 5.85. The van der Waals surface area contributed by atoms with Gasteiger partial charge in [-0.1, -0.05) is 32.1 Å². The number of hydrogen-bond acceptors (Lipinski definition) is 4. The van der Waals surface area contributed by atoms with Crippen LogP contribution in [0.2, 0.25) is 0 Å². The summed E-state index contributed by atoms with van der Waals surface area (Å²) in [6.07, 6.45) is 11.3. The van der Waals surface area contributed by atoms with E-state index in [1.165, 1.54) is 11.3 Å². The van der Waals surface area contributed by atoms with Crippen LogP contribution in [0.15, 0.2) is 30.7 Å². The minimum atomic E-state index is -0.261. The third-order valence-corrected chi connectivity index (χ3v) is 5.85. The standard InChI is InChI=1S/C22H26N4O3/c27-20(24-11-10-16-13-23-14-25-16)15-8-9-18-19(12-15)22(29)26(21(18)28)17-6-4-2-1-3-5-7-17/h8-9,12-14,17H,1-7,10-11H2,(H,23,25)(H,24,27). The minimum Gasteiger partial charge on any atom is -0.352 e. The van der Waals surface area contributed by atoms with Crippen LogP contribution in [0.1, 0.15) is 81.7 Å². The Morgan fingerprint density at radius 3 is 2.52 bits per heavy atom. The molecule has 0 unspecified atom stereocenters. The fourth-order valence-corrected chi connectivity index (χ4v) is 4.26. The number of carbonyl (C=O) groups excluding carboxylic acids is 3. The number of rotatable bonds is 5. The van der Waals surface area contributed by atoms with Crippen LogP contribution in [-0.2, 0) is 6.42 Å². The van der Waals surface area contributed by atoms with Crippen LogP contribution in [0, 0.1) is 0 Å². The molecule has 7 heteroatoms. The molecule has 0 bridgehead atoms. The number of carbonyl (C=O) groups is 3. The van der Waals surface area contributed by atoms with E-state index in [9.17, 15) is 14.4 Å². The summed E-state index contributed by atoms with van der Waals surface area (Å²) in [7, 11) is 0. The Balaban J connectivity index is 1.45. The lowest BCUT2D eigenvalue weighted by Gasteiger charge is -2.27.